The molecule has 1 amide bonds. The van der Waals surface area contributed by atoms with Crippen molar-refractivity contribution in [2.75, 3.05) is 46.8 Å². The number of Topliss-reactive ketones (excluding diaryl/α,β-unsaturated/α-hetero) is 1. The molecular weight excluding hydrogens is 522 g/mol. The summed E-state index contributed by atoms with van der Waals surface area (Å²) in [6, 6.07) is 0. The summed E-state index contributed by atoms with van der Waals surface area (Å²) in [4.78, 5) is 28.2. The first-order chi connectivity index (χ1) is 19.0. The third kappa shape index (κ3) is 21.7. The van der Waals surface area contributed by atoms with Gasteiger partial charge in [-0.1, -0.05) is 95.2 Å². The molecule has 0 radical (unpaired) electrons. The molecule has 0 spiro atoms. The highest BCUT2D eigenvalue weighted by molar-refractivity contribution is 6.01. The van der Waals surface area contributed by atoms with Gasteiger partial charge < -0.3 is 21.3 Å². The Morgan fingerprint density at radius 1 is 1.00 bits per heavy atom. The van der Waals surface area contributed by atoms with Gasteiger partial charge in [-0.25, -0.2) is 0 Å². The van der Waals surface area contributed by atoms with Gasteiger partial charge >= 0.3 is 0 Å². The molecule has 7 nitrogen and oxygen atoms in total. The van der Waals surface area contributed by atoms with E-state index in [1.807, 2.05) is 6.92 Å². The second-order valence-corrected chi connectivity index (χ2v) is 14.6. The first-order valence-electron chi connectivity index (χ1n) is 15.8. The summed E-state index contributed by atoms with van der Waals surface area (Å²) < 4.78 is 0. The molecule has 0 aromatic carbocycles. The van der Waals surface area contributed by atoms with Gasteiger partial charge in [0.1, 0.15) is 5.84 Å². The van der Waals surface area contributed by atoms with E-state index in [1.54, 1.807) is 19.5 Å². The van der Waals surface area contributed by atoms with Gasteiger partial charge in [0, 0.05) is 33.1 Å². The highest BCUT2D eigenvalue weighted by Gasteiger charge is 2.35. The predicted molar refractivity (Wildman–Crippen MR) is 186 cm³/mol. The van der Waals surface area contributed by atoms with Gasteiger partial charge in [-0.3, -0.25) is 14.6 Å². The van der Waals surface area contributed by atoms with Gasteiger partial charge in [0.05, 0.1) is 6.54 Å². The number of nitrogens with one attached hydrogen (secondary N) is 2. The van der Waals surface area contributed by atoms with Crippen molar-refractivity contribution in [3.05, 3.63) is 23.3 Å². The normalized spacial score (nSPS) is 14.5. The van der Waals surface area contributed by atoms with Crippen LogP contribution in [0.3, 0.4) is 0 Å². The summed E-state index contributed by atoms with van der Waals surface area (Å²) in [7, 11) is 3.84. The highest BCUT2D eigenvalue weighted by Crippen LogP contribution is 2.43. The topological polar surface area (TPSA) is 99.8 Å². The van der Waals surface area contributed by atoms with Crippen LogP contribution in [0.2, 0.25) is 0 Å². The number of nitrogens with zero attached hydrogens (tertiary/aromatic N) is 2. The lowest BCUT2D eigenvalue weighted by Gasteiger charge is -2.38. The van der Waals surface area contributed by atoms with Crippen molar-refractivity contribution in [3.63, 3.8) is 0 Å². The smallest absolute Gasteiger partial charge is 0.223 e. The maximum absolute atomic E-state index is 11.0. The average molecular weight is 594 g/mol. The van der Waals surface area contributed by atoms with Crippen molar-refractivity contribution in [1.82, 2.24) is 15.5 Å². The van der Waals surface area contributed by atoms with Crippen molar-refractivity contribution in [3.8, 4) is 0 Å². The molecule has 1 heterocycles. The Balaban J connectivity index is -0.000000601. The molecule has 4 N–H and O–H groups in total. The number of amidine groups is 1. The van der Waals surface area contributed by atoms with Crippen LogP contribution in [0.5, 0.6) is 0 Å². The van der Waals surface area contributed by atoms with Crippen molar-refractivity contribution in [2.45, 2.75) is 116 Å². The molecule has 0 bridgehead atoms. The Morgan fingerprint density at radius 3 is 1.74 bits per heavy atom. The number of aliphatic imine (C=N–C) groups is 1. The largest absolute Gasteiger partial charge is 0.359 e. The second kappa shape index (κ2) is 21.7. The molecule has 42 heavy (non-hydrogen) atoms. The number of rotatable bonds is 9. The lowest BCUT2D eigenvalue weighted by Crippen LogP contribution is -2.34. The lowest BCUT2D eigenvalue weighted by molar-refractivity contribution is -0.123. The minimum Gasteiger partial charge on any atom is -0.359 e. The van der Waals surface area contributed by atoms with Crippen LogP contribution < -0.4 is 16.4 Å². The molecule has 0 aromatic rings. The molecule has 0 saturated heterocycles. The Bertz CT molecular complexity index is 838. The van der Waals surface area contributed by atoms with Crippen LogP contribution in [-0.2, 0) is 9.59 Å². The maximum atomic E-state index is 11.0. The fraction of sp³-hybridized carbons (Fsp3) is 0.800. The fourth-order valence-electron chi connectivity index (χ4n) is 3.82. The van der Waals surface area contributed by atoms with E-state index in [-0.39, 0.29) is 33.9 Å². The van der Waals surface area contributed by atoms with Crippen LogP contribution in [-0.4, -0.2) is 69.2 Å². The van der Waals surface area contributed by atoms with Gasteiger partial charge in [-0.15, -0.1) is 0 Å². The molecule has 1 aliphatic rings. The number of likely N-dealkylation sites (N-methyl/N-ethyl adjacent to an activating group) is 1. The van der Waals surface area contributed by atoms with Gasteiger partial charge in [0.25, 0.3) is 0 Å². The van der Waals surface area contributed by atoms with Crippen molar-refractivity contribution < 1.29 is 9.59 Å². The molecule has 0 aliphatic carbocycles. The maximum Gasteiger partial charge on any atom is 0.223 e. The molecule has 248 valence electrons. The van der Waals surface area contributed by atoms with E-state index in [4.69, 9.17) is 10.7 Å². The number of ketones is 1. The summed E-state index contributed by atoms with van der Waals surface area (Å²) in [5.41, 5.74) is 9.25. The highest BCUT2D eigenvalue weighted by atomic mass is 16.1. The lowest BCUT2D eigenvalue weighted by atomic mass is 9.69. The second-order valence-electron chi connectivity index (χ2n) is 14.6. The number of nitrogens with two attached hydrogens (primary N) is 1. The summed E-state index contributed by atoms with van der Waals surface area (Å²) in [5.74, 6) is 1.46. The van der Waals surface area contributed by atoms with Crippen LogP contribution in [0, 0.1) is 22.2 Å². The summed E-state index contributed by atoms with van der Waals surface area (Å²) in [5, 5.41) is 5.80. The van der Waals surface area contributed by atoms with E-state index in [0.29, 0.717) is 5.57 Å². The molecule has 0 aromatic heterocycles. The molecule has 1 atom stereocenters. The third-order valence-corrected chi connectivity index (χ3v) is 6.41. The van der Waals surface area contributed by atoms with E-state index in [1.165, 1.54) is 18.3 Å². The van der Waals surface area contributed by atoms with Gasteiger partial charge in [-0.2, -0.15) is 0 Å². The van der Waals surface area contributed by atoms with E-state index in [9.17, 15) is 9.59 Å². The molecule has 0 saturated carbocycles. The first-order valence-corrected chi connectivity index (χ1v) is 15.8. The summed E-state index contributed by atoms with van der Waals surface area (Å²) in [6.07, 6.45) is 3.33. The molecule has 1 rings (SSSR count). The Morgan fingerprint density at radius 2 is 1.48 bits per heavy atom. The van der Waals surface area contributed by atoms with Crippen molar-refractivity contribution in [2.24, 2.45) is 32.9 Å². The van der Waals surface area contributed by atoms with Crippen LogP contribution in [0.15, 0.2) is 28.3 Å². The molecule has 7 heteroatoms. The molecule has 1 aliphatic heterocycles. The summed E-state index contributed by atoms with van der Waals surface area (Å²) >= 11 is 0. The van der Waals surface area contributed by atoms with E-state index >= 15 is 0 Å². The zero-order valence-electron chi connectivity index (χ0n) is 30.7. The third-order valence-electron chi connectivity index (χ3n) is 6.41. The number of hydrogen-bond acceptors (Lipinski definition) is 6. The van der Waals surface area contributed by atoms with E-state index in [0.717, 1.165) is 52.0 Å². The van der Waals surface area contributed by atoms with Crippen LogP contribution in [0.4, 0.5) is 0 Å². The van der Waals surface area contributed by atoms with Gasteiger partial charge in [0.15, 0.2) is 5.78 Å². The number of hydrogen-bond donors (Lipinski definition) is 3. The standard InChI is InChI=1S/C19H36N2.C8H18N2O.C5H8O.C3H9N/c1-17(2,3)13-14(18(4,5)6)15(19(7,8)9)16-20-11-12-21(16)10;1-4-5-10-6-7(2)8(11)9-3;1-4(2)5(3)6;1-2-3-4/h11-13H2,1-10H3;7,10H,4-6H2,1-3H3,(H,9,11);1H2,2-3H3;2-4H2,1H3/b15-14+;;;. The van der Waals surface area contributed by atoms with Crippen LogP contribution >= 0.6 is 0 Å². The Labute approximate surface area is 261 Å². The van der Waals surface area contributed by atoms with E-state index in [2.05, 4.69) is 105 Å². The predicted octanol–water partition coefficient (Wildman–Crippen LogP) is 7.03. The average Bonchev–Trinajstić information content (AvgIpc) is 3.26. The Kier molecular flexibility index (Phi) is 22.9. The van der Waals surface area contributed by atoms with Crippen molar-refractivity contribution in [1.29, 1.82) is 0 Å². The Hall–Kier alpha value is -1.99. The quantitative estimate of drug-likeness (QED) is 0.197. The zero-order chi connectivity index (χ0) is 33.9. The number of allylic oxidation sites excluding steroid dienone is 2. The molecule has 1 unspecified atom stereocenters. The fourth-order valence-corrected chi connectivity index (χ4v) is 3.82. The monoisotopic (exact) mass is 594 g/mol. The van der Waals surface area contributed by atoms with Gasteiger partial charge in [0.2, 0.25) is 5.91 Å². The van der Waals surface area contributed by atoms with Crippen LogP contribution in [0.25, 0.3) is 0 Å². The first kappa shape index (κ1) is 44.5. The minimum absolute atomic E-state index is 0.0648. The van der Waals surface area contributed by atoms with Gasteiger partial charge in [-0.05, 0) is 73.6 Å². The van der Waals surface area contributed by atoms with E-state index < -0.39 is 0 Å². The number of amides is 1. The summed E-state index contributed by atoms with van der Waals surface area (Å²) in [6.45, 7) is 38.2. The molecular formula is C35H71N5O2. The van der Waals surface area contributed by atoms with Crippen LogP contribution in [0.1, 0.15) is 116 Å². The minimum atomic E-state index is 0.0648. The molecule has 0 fully saturated rings. The SMILES string of the molecule is C=C(C)C(C)=O.CCCN.CCCNCC(C)C(=O)NC.CN1CCN=C1/C(=C(/CC(C)(C)C)C(C)(C)C)C(C)(C)C. The number of carbonyl (C=O) groups is 2. The van der Waals surface area contributed by atoms with Crippen molar-refractivity contribution >= 4 is 17.5 Å². The zero-order valence-corrected chi connectivity index (χ0v) is 30.7. The number of carbonyl (C=O) groups excluding carboxylic acids is 2.